The molecule has 72 heavy (non-hydrogen) atoms. The number of nitrogens with zero attached hydrogens (tertiary/aromatic N) is 3. The third-order valence-corrected chi connectivity index (χ3v) is 15.7. The van der Waals surface area contributed by atoms with E-state index in [9.17, 15) is 0 Å². The zero-order valence-electron chi connectivity index (χ0n) is 52.7. The van der Waals surface area contributed by atoms with E-state index in [-0.39, 0.29) is 14.1 Å². The minimum atomic E-state index is 0. The summed E-state index contributed by atoms with van der Waals surface area (Å²) in [7, 11) is 14.6. The molecule has 444 valence electrons. The quantitative estimate of drug-likeness (QED) is 0.0421. The first kappa shape index (κ1) is 83.0. The molecule has 0 aromatic rings. The predicted molar refractivity (Wildman–Crippen MR) is 321 cm³/mol. The summed E-state index contributed by atoms with van der Waals surface area (Å²) in [6.07, 6.45) is 69.1. The van der Waals surface area contributed by atoms with Gasteiger partial charge in [0.05, 0.1) is 81.6 Å². The van der Waals surface area contributed by atoms with Gasteiger partial charge in [-0.2, -0.15) is 0 Å². The van der Waals surface area contributed by atoms with Crippen molar-refractivity contribution in [1.29, 1.82) is 0 Å². The highest BCUT2D eigenvalue weighted by molar-refractivity contribution is 4.52. The summed E-state index contributed by atoms with van der Waals surface area (Å²) in [4.78, 5) is 0. The smallest absolute Gasteiger partial charge is 0.0782 e. The Morgan fingerprint density at radius 3 is 0.319 bits per heavy atom. The highest BCUT2D eigenvalue weighted by Gasteiger charge is 2.16. The predicted octanol–water partition coefficient (Wildman–Crippen LogP) is 13.0. The van der Waals surface area contributed by atoms with Crippen LogP contribution in [0.25, 0.3) is 0 Å². The van der Waals surface area contributed by atoms with E-state index in [0.717, 1.165) is 0 Å². The molecule has 0 spiro atoms. The average molecular weight is 1040 g/mol. The van der Waals surface area contributed by atoms with Crippen LogP contribution in [0, 0.1) is 0 Å². The van der Waals surface area contributed by atoms with Gasteiger partial charge in [-0.05, 0) is 77.0 Å². The Hall–Kier alpha value is -0.330. The van der Waals surface area contributed by atoms with Gasteiger partial charge >= 0.3 is 0 Å². The van der Waals surface area contributed by atoms with E-state index in [1.165, 1.54) is 361 Å². The van der Waals surface area contributed by atoms with Crippen molar-refractivity contribution in [3.05, 3.63) is 0 Å². The van der Waals surface area contributed by atoms with Gasteiger partial charge < -0.3 is 27.6 Å². The van der Waals surface area contributed by atoms with Gasteiger partial charge in [0.15, 0.2) is 0 Å². The highest BCUT2D eigenvalue weighted by atomic mass is 19.0. The van der Waals surface area contributed by atoms with Crippen LogP contribution in [0.15, 0.2) is 0 Å². The van der Waals surface area contributed by atoms with Crippen molar-refractivity contribution in [3.63, 3.8) is 0 Å². The Morgan fingerprint density at radius 2 is 0.222 bits per heavy atom. The summed E-state index contributed by atoms with van der Waals surface area (Å²) in [5.74, 6) is 0. The minimum absolute atomic E-state index is 0. The standard InChI is InChI=1S/3C22H48N.3FH/c3*1-5-7-9-11-13-15-17-19-21-23(3,4)22-20-18-16-14-12-10-8-6-2;;;/h3*5-22H2,1-4H3;3*1H/q3*+1;;;/p-3. The van der Waals surface area contributed by atoms with Crippen LogP contribution in [0.3, 0.4) is 0 Å². The average Bonchev–Trinajstić information content (AvgIpc) is 3.32. The monoisotopic (exact) mass is 1040 g/mol. The second-order valence-electron chi connectivity index (χ2n) is 25.0. The van der Waals surface area contributed by atoms with Crippen molar-refractivity contribution in [2.45, 2.75) is 350 Å². The van der Waals surface area contributed by atoms with E-state index < -0.39 is 0 Å². The van der Waals surface area contributed by atoms with Crippen molar-refractivity contribution in [2.24, 2.45) is 0 Å². The molecule has 0 fully saturated rings. The second-order valence-corrected chi connectivity index (χ2v) is 25.0. The van der Waals surface area contributed by atoms with Gasteiger partial charge in [-0.25, -0.2) is 0 Å². The normalized spacial score (nSPS) is 11.5. The maximum absolute atomic E-state index is 2.43. The molecule has 0 rings (SSSR count). The molecular weight excluding hydrogens is 892 g/mol. The largest absolute Gasteiger partial charge is 1.00 e. The molecule has 0 saturated carbocycles. The molecule has 0 aliphatic rings. The summed E-state index contributed by atoms with van der Waals surface area (Å²) < 4.78 is 3.73. The van der Waals surface area contributed by atoms with Gasteiger partial charge in [-0.1, -0.05) is 273 Å². The molecule has 3 nitrogen and oxygen atoms in total. The number of hydrogen-bond acceptors (Lipinski definition) is 0. The molecule has 0 aromatic carbocycles. The van der Waals surface area contributed by atoms with Crippen LogP contribution in [-0.2, 0) is 0 Å². The van der Waals surface area contributed by atoms with E-state index in [1.807, 2.05) is 0 Å². The van der Waals surface area contributed by atoms with Crippen LogP contribution < -0.4 is 14.1 Å². The molecule has 0 aliphatic heterocycles. The third-order valence-electron chi connectivity index (χ3n) is 15.7. The van der Waals surface area contributed by atoms with Crippen LogP contribution in [-0.4, -0.2) is 95.0 Å². The first-order valence-corrected chi connectivity index (χ1v) is 32.8. The van der Waals surface area contributed by atoms with E-state index in [1.54, 1.807) is 0 Å². The SMILES string of the molecule is CCCCCCCCCC[N+](C)(C)CCCCCCCCCC.CCCCCCCCCC[N+](C)(C)CCCCCCCCCC.CCCCCCCCCC[N+](C)(C)CCCCCCCCCC.[F-].[F-].[F-]. The van der Waals surface area contributed by atoms with Gasteiger partial charge in [0, 0.05) is 0 Å². The molecule has 0 heterocycles. The molecule has 0 unspecified atom stereocenters. The summed E-state index contributed by atoms with van der Waals surface area (Å²) in [6, 6.07) is 0. The van der Waals surface area contributed by atoms with E-state index in [2.05, 4.69) is 83.8 Å². The van der Waals surface area contributed by atoms with Gasteiger partial charge in [0.1, 0.15) is 0 Å². The van der Waals surface area contributed by atoms with E-state index in [0.29, 0.717) is 0 Å². The summed E-state index contributed by atoms with van der Waals surface area (Å²) in [5.41, 5.74) is 0. The molecular formula is C66H144F3N3. The lowest BCUT2D eigenvalue weighted by atomic mass is 10.1. The fourth-order valence-electron chi connectivity index (χ4n) is 10.4. The Morgan fingerprint density at radius 1 is 0.139 bits per heavy atom. The molecule has 0 N–H and O–H groups in total. The summed E-state index contributed by atoms with van der Waals surface area (Å²) in [6.45, 7) is 22.1. The van der Waals surface area contributed by atoms with Crippen LogP contribution in [0.2, 0.25) is 0 Å². The van der Waals surface area contributed by atoms with Crippen LogP contribution in [0.4, 0.5) is 0 Å². The molecule has 0 saturated heterocycles. The minimum Gasteiger partial charge on any atom is -1.00 e. The summed E-state index contributed by atoms with van der Waals surface area (Å²) >= 11 is 0. The van der Waals surface area contributed by atoms with Crippen molar-refractivity contribution in [3.8, 4) is 0 Å². The number of hydrogen-bond donors (Lipinski definition) is 0. The van der Waals surface area contributed by atoms with Gasteiger partial charge in [0.25, 0.3) is 0 Å². The lowest BCUT2D eigenvalue weighted by Gasteiger charge is -2.30. The van der Waals surface area contributed by atoms with Gasteiger partial charge in [0.2, 0.25) is 0 Å². The van der Waals surface area contributed by atoms with Crippen molar-refractivity contribution in [2.75, 3.05) is 81.6 Å². The van der Waals surface area contributed by atoms with Crippen molar-refractivity contribution in [1.82, 2.24) is 0 Å². The Balaban J connectivity index is -0.000000222. The maximum atomic E-state index is 2.43. The molecule has 0 amide bonds. The maximum Gasteiger partial charge on any atom is 0.0782 e. The molecule has 0 aromatic heterocycles. The first-order chi connectivity index (χ1) is 33.4. The molecule has 0 radical (unpaired) electrons. The second kappa shape index (κ2) is 66.8. The number of rotatable bonds is 54. The van der Waals surface area contributed by atoms with Gasteiger partial charge in [-0.3, -0.25) is 0 Å². The molecule has 0 bridgehead atoms. The number of halogens is 3. The Bertz CT molecular complexity index is 732. The van der Waals surface area contributed by atoms with Crippen molar-refractivity contribution >= 4 is 0 Å². The zero-order chi connectivity index (χ0) is 51.7. The lowest BCUT2D eigenvalue weighted by Crippen LogP contribution is -3.00. The number of quaternary nitrogens is 3. The number of unbranched alkanes of at least 4 members (excludes halogenated alkanes) is 42. The van der Waals surface area contributed by atoms with Crippen LogP contribution in [0.5, 0.6) is 0 Å². The fraction of sp³-hybridized carbons (Fsp3) is 1.00. The van der Waals surface area contributed by atoms with Gasteiger partial charge in [-0.15, -0.1) is 0 Å². The van der Waals surface area contributed by atoms with Crippen LogP contribution >= 0.6 is 0 Å². The lowest BCUT2D eigenvalue weighted by molar-refractivity contribution is -0.890. The van der Waals surface area contributed by atoms with E-state index in [4.69, 9.17) is 0 Å². The van der Waals surface area contributed by atoms with Crippen molar-refractivity contribution < 1.29 is 27.6 Å². The fourth-order valence-corrected chi connectivity index (χ4v) is 10.4. The highest BCUT2D eigenvalue weighted by Crippen LogP contribution is 2.17. The zero-order valence-corrected chi connectivity index (χ0v) is 52.7. The van der Waals surface area contributed by atoms with Crippen LogP contribution in [0.1, 0.15) is 350 Å². The topological polar surface area (TPSA) is 0 Å². The van der Waals surface area contributed by atoms with E-state index >= 15 is 0 Å². The molecule has 6 heteroatoms. The third kappa shape index (κ3) is 76.2. The first-order valence-electron chi connectivity index (χ1n) is 32.8. The Kier molecular flexibility index (Phi) is 77.0. The Labute approximate surface area is 457 Å². The molecule has 0 atom stereocenters. The molecule has 0 aliphatic carbocycles. The summed E-state index contributed by atoms with van der Waals surface area (Å²) in [5, 5.41) is 0.